The van der Waals surface area contributed by atoms with Crippen molar-refractivity contribution >= 4 is 35.3 Å². The summed E-state index contributed by atoms with van der Waals surface area (Å²) in [4.78, 5) is 36.7. The summed E-state index contributed by atoms with van der Waals surface area (Å²) in [5, 5.41) is 23.7. The Morgan fingerprint density at radius 1 is 1.41 bits per heavy atom. The quantitative estimate of drug-likeness (QED) is 0.460. The van der Waals surface area contributed by atoms with Gasteiger partial charge >= 0.3 is 12.2 Å². The molecule has 146 valence electrons. The highest BCUT2D eigenvalue weighted by Gasteiger charge is 2.30. The standard InChI is InChI=1S/C17H22N4O5S/c1-17(2,3)26-15(23)20-13(18)10-7-11(27-9-10)8-19-14(22)12-5-4-6-21(12)16(24)25/h4,6-7,9,12H,5,8H2,1-3H3,(H,19,22)(H,24,25)(H2,18,20,23)/t12-/m0/s1. The van der Waals surface area contributed by atoms with Gasteiger partial charge in [0.1, 0.15) is 17.5 Å². The number of carbonyl (C=O) groups excluding carboxylic acids is 2. The molecule has 27 heavy (non-hydrogen) atoms. The topological polar surface area (TPSA) is 132 Å². The van der Waals surface area contributed by atoms with Gasteiger partial charge in [-0.1, -0.05) is 6.08 Å². The SMILES string of the molecule is CC(C)(C)OC(=O)NC(=N)c1csc(CNC(=O)[C@@H]2CC=CN2C(=O)O)c1. The molecule has 0 aromatic carbocycles. The van der Waals surface area contributed by atoms with E-state index in [0.717, 1.165) is 9.78 Å². The van der Waals surface area contributed by atoms with Crippen molar-refractivity contribution in [2.45, 2.75) is 45.4 Å². The van der Waals surface area contributed by atoms with Crippen molar-refractivity contribution in [1.29, 1.82) is 5.41 Å². The summed E-state index contributed by atoms with van der Waals surface area (Å²) in [5.74, 6) is -0.491. The molecule has 3 amide bonds. The van der Waals surface area contributed by atoms with Gasteiger partial charge in [0.05, 0.1) is 6.54 Å². The lowest BCUT2D eigenvalue weighted by Crippen LogP contribution is -2.44. The summed E-state index contributed by atoms with van der Waals surface area (Å²) < 4.78 is 5.10. The van der Waals surface area contributed by atoms with Crippen molar-refractivity contribution < 1.29 is 24.2 Å². The first-order chi connectivity index (χ1) is 12.6. The minimum atomic E-state index is -1.18. The second kappa shape index (κ2) is 8.21. The van der Waals surface area contributed by atoms with Gasteiger partial charge in [0.2, 0.25) is 5.91 Å². The number of carbonyl (C=O) groups is 3. The Kier molecular flexibility index (Phi) is 6.21. The van der Waals surface area contributed by atoms with Crippen molar-refractivity contribution in [2.24, 2.45) is 0 Å². The van der Waals surface area contributed by atoms with Crippen LogP contribution < -0.4 is 10.6 Å². The number of alkyl carbamates (subject to hydrolysis) is 1. The fraction of sp³-hybridized carbons (Fsp3) is 0.412. The molecule has 0 fully saturated rings. The van der Waals surface area contributed by atoms with Crippen LogP contribution >= 0.6 is 11.3 Å². The number of hydrogen-bond donors (Lipinski definition) is 4. The first-order valence-electron chi connectivity index (χ1n) is 8.19. The van der Waals surface area contributed by atoms with Crippen molar-refractivity contribution in [2.75, 3.05) is 0 Å². The van der Waals surface area contributed by atoms with Gasteiger partial charge < -0.3 is 15.2 Å². The van der Waals surface area contributed by atoms with Gasteiger partial charge in [-0.2, -0.15) is 0 Å². The van der Waals surface area contributed by atoms with Gasteiger partial charge in [-0.15, -0.1) is 11.3 Å². The van der Waals surface area contributed by atoms with Crippen LogP contribution in [0.1, 0.15) is 37.6 Å². The highest BCUT2D eigenvalue weighted by molar-refractivity contribution is 7.10. The van der Waals surface area contributed by atoms with Crippen LogP contribution in [-0.4, -0.2) is 45.6 Å². The molecule has 0 bridgehead atoms. The number of ether oxygens (including phenoxy) is 1. The molecule has 0 saturated carbocycles. The Morgan fingerprint density at radius 2 is 2.11 bits per heavy atom. The van der Waals surface area contributed by atoms with Gasteiger partial charge in [0.25, 0.3) is 0 Å². The van der Waals surface area contributed by atoms with E-state index in [9.17, 15) is 14.4 Å². The van der Waals surface area contributed by atoms with Gasteiger partial charge in [-0.05, 0) is 33.3 Å². The van der Waals surface area contributed by atoms with E-state index in [1.54, 1.807) is 38.3 Å². The number of hydrogen-bond acceptors (Lipinski definition) is 6. The number of nitrogens with one attached hydrogen (secondary N) is 3. The number of amidine groups is 1. The third kappa shape index (κ3) is 5.81. The van der Waals surface area contributed by atoms with E-state index in [4.69, 9.17) is 15.3 Å². The number of nitrogens with zero attached hydrogens (tertiary/aromatic N) is 1. The average molecular weight is 394 g/mol. The van der Waals surface area contributed by atoms with Crippen LogP contribution in [0, 0.1) is 5.41 Å². The number of carboxylic acid groups (broad SMARTS) is 1. The number of amides is 3. The van der Waals surface area contributed by atoms with E-state index < -0.39 is 23.8 Å². The molecule has 1 aliphatic rings. The zero-order valence-electron chi connectivity index (χ0n) is 15.2. The highest BCUT2D eigenvalue weighted by atomic mass is 32.1. The predicted molar refractivity (Wildman–Crippen MR) is 99.8 cm³/mol. The molecule has 0 spiro atoms. The molecule has 1 atom stereocenters. The monoisotopic (exact) mass is 394 g/mol. The van der Waals surface area contributed by atoms with Gasteiger partial charge in [-0.25, -0.2) is 9.59 Å². The van der Waals surface area contributed by atoms with Crippen molar-refractivity contribution in [3.05, 3.63) is 34.2 Å². The predicted octanol–water partition coefficient (Wildman–Crippen LogP) is 2.48. The lowest BCUT2D eigenvalue weighted by atomic mass is 10.2. The van der Waals surface area contributed by atoms with Crippen LogP contribution in [0.4, 0.5) is 9.59 Å². The Morgan fingerprint density at radius 3 is 2.74 bits per heavy atom. The summed E-state index contributed by atoms with van der Waals surface area (Å²) in [6, 6.07) is 0.904. The summed E-state index contributed by atoms with van der Waals surface area (Å²) >= 11 is 1.32. The van der Waals surface area contributed by atoms with Gasteiger partial charge in [0, 0.05) is 22.0 Å². The van der Waals surface area contributed by atoms with E-state index in [2.05, 4.69) is 10.6 Å². The molecule has 2 heterocycles. The summed E-state index contributed by atoms with van der Waals surface area (Å²) in [6.45, 7) is 5.39. The number of rotatable bonds is 4. The first kappa shape index (κ1) is 20.4. The first-order valence-corrected chi connectivity index (χ1v) is 9.07. The molecule has 0 saturated heterocycles. The van der Waals surface area contributed by atoms with Crippen molar-refractivity contribution in [3.8, 4) is 0 Å². The van der Waals surface area contributed by atoms with Gasteiger partial charge in [0.15, 0.2) is 0 Å². The van der Waals surface area contributed by atoms with Crippen LogP contribution in [0.5, 0.6) is 0 Å². The van der Waals surface area contributed by atoms with Crippen molar-refractivity contribution in [3.63, 3.8) is 0 Å². The van der Waals surface area contributed by atoms with Gasteiger partial charge in [-0.3, -0.25) is 20.4 Å². The van der Waals surface area contributed by atoms with Crippen LogP contribution in [-0.2, 0) is 16.1 Å². The summed E-state index contributed by atoms with van der Waals surface area (Å²) in [7, 11) is 0. The third-order valence-corrected chi connectivity index (χ3v) is 4.43. The second-order valence-electron chi connectivity index (χ2n) is 6.85. The smallest absolute Gasteiger partial charge is 0.413 e. The lowest BCUT2D eigenvalue weighted by Gasteiger charge is -2.19. The van der Waals surface area contributed by atoms with Crippen LogP contribution in [0.3, 0.4) is 0 Å². The maximum absolute atomic E-state index is 12.2. The third-order valence-electron chi connectivity index (χ3n) is 3.49. The van der Waals surface area contributed by atoms with Crippen LogP contribution in [0.2, 0.25) is 0 Å². The minimum Gasteiger partial charge on any atom is -0.465 e. The maximum Gasteiger partial charge on any atom is 0.413 e. The molecule has 1 aliphatic heterocycles. The summed E-state index contributed by atoms with van der Waals surface area (Å²) in [6.07, 6.45) is 1.45. The maximum atomic E-state index is 12.2. The van der Waals surface area contributed by atoms with E-state index in [0.29, 0.717) is 12.0 Å². The van der Waals surface area contributed by atoms with Crippen LogP contribution in [0.25, 0.3) is 0 Å². The molecule has 0 unspecified atom stereocenters. The van der Waals surface area contributed by atoms with E-state index in [-0.39, 0.29) is 18.3 Å². The fourth-order valence-corrected chi connectivity index (χ4v) is 3.14. The fourth-order valence-electron chi connectivity index (χ4n) is 2.33. The zero-order chi connectivity index (χ0) is 20.2. The normalized spacial score (nSPS) is 16.1. The van der Waals surface area contributed by atoms with E-state index >= 15 is 0 Å². The second-order valence-corrected chi connectivity index (χ2v) is 7.84. The largest absolute Gasteiger partial charge is 0.465 e. The molecule has 1 aromatic rings. The Hall–Kier alpha value is -2.88. The van der Waals surface area contributed by atoms with Crippen LogP contribution in [0.15, 0.2) is 23.7 Å². The number of thiophene rings is 1. The Balaban J connectivity index is 1.87. The molecule has 0 radical (unpaired) electrons. The lowest BCUT2D eigenvalue weighted by molar-refractivity contribution is -0.124. The van der Waals surface area contributed by atoms with E-state index in [1.165, 1.54) is 17.5 Å². The average Bonchev–Trinajstić information content (AvgIpc) is 3.20. The molecule has 4 N–H and O–H groups in total. The minimum absolute atomic E-state index is 0.102. The molecular formula is C17H22N4O5S. The molecule has 10 heteroatoms. The molecule has 2 rings (SSSR count). The van der Waals surface area contributed by atoms with E-state index in [1.807, 2.05) is 0 Å². The molecular weight excluding hydrogens is 372 g/mol. The zero-order valence-corrected chi connectivity index (χ0v) is 16.1. The molecule has 1 aromatic heterocycles. The molecule has 9 nitrogen and oxygen atoms in total. The Labute approximate surface area is 160 Å². The summed E-state index contributed by atoms with van der Waals surface area (Å²) in [5.41, 5.74) is -0.169. The Bertz CT molecular complexity index is 781. The molecule has 0 aliphatic carbocycles. The van der Waals surface area contributed by atoms with Crippen molar-refractivity contribution in [1.82, 2.24) is 15.5 Å². The highest BCUT2D eigenvalue weighted by Crippen LogP contribution is 2.17.